The van der Waals surface area contributed by atoms with Gasteiger partial charge in [-0.1, -0.05) is 12.1 Å². The van der Waals surface area contributed by atoms with E-state index in [1.54, 1.807) is 6.07 Å². The summed E-state index contributed by atoms with van der Waals surface area (Å²) in [6.45, 7) is 6.36. The number of carbonyl (C=O) groups is 1. The lowest BCUT2D eigenvalue weighted by Crippen LogP contribution is -2.01. The normalized spacial score (nSPS) is 10.4. The van der Waals surface area contributed by atoms with Crippen LogP contribution in [0.1, 0.15) is 35.3 Å². The lowest BCUT2D eigenvalue weighted by molar-refractivity contribution is 0.111. The molecule has 0 unspecified atom stereocenters. The van der Waals surface area contributed by atoms with Gasteiger partial charge >= 0.3 is 0 Å². The molecule has 0 heterocycles. The van der Waals surface area contributed by atoms with E-state index >= 15 is 0 Å². The predicted molar refractivity (Wildman–Crippen MR) is 62.5 cm³/mol. The lowest BCUT2D eigenvalue weighted by atomic mass is 10.1. The molecule has 1 aromatic carbocycles. The van der Waals surface area contributed by atoms with Crippen LogP contribution in [0.4, 0.5) is 0 Å². The summed E-state index contributed by atoms with van der Waals surface area (Å²) in [5.41, 5.74) is 2.79. The van der Waals surface area contributed by atoms with Gasteiger partial charge in [-0.25, -0.2) is 0 Å². The van der Waals surface area contributed by atoms with Gasteiger partial charge < -0.3 is 9.47 Å². The lowest BCUT2D eigenvalue weighted by Gasteiger charge is -2.10. The van der Waals surface area contributed by atoms with Crippen LogP contribution in [-0.4, -0.2) is 19.5 Å². The van der Waals surface area contributed by atoms with E-state index in [2.05, 4.69) is 0 Å². The van der Waals surface area contributed by atoms with Gasteiger partial charge in [0.15, 0.2) is 0 Å². The van der Waals surface area contributed by atoms with Gasteiger partial charge in [-0.05, 0) is 31.0 Å². The Hall–Kier alpha value is -1.19. The molecule has 0 spiro atoms. The Bertz CT molecular complexity index is 334. The van der Waals surface area contributed by atoms with Gasteiger partial charge in [0.1, 0.15) is 6.29 Å². The zero-order valence-corrected chi connectivity index (χ0v) is 9.86. The Morgan fingerprint density at radius 3 is 2.25 bits per heavy atom. The van der Waals surface area contributed by atoms with Crippen LogP contribution in [0.5, 0.6) is 0 Å². The van der Waals surface area contributed by atoms with E-state index in [0.717, 1.165) is 17.4 Å². The topological polar surface area (TPSA) is 35.5 Å². The van der Waals surface area contributed by atoms with Crippen LogP contribution in [0.15, 0.2) is 18.2 Å². The third-order valence-electron chi connectivity index (χ3n) is 2.29. The highest BCUT2D eigenvalue weighted by molar-refractivity contribution is 5.75. The first-order valence-electron chi connectivity index (χ1n) is 5.54. The van der Waals surface area contributed by atoms with Crippen molar-refractivity contribution >= 4 is 6.29 Å². The molecule has 0 amide bonds. The van der Waals surface area contributed by atoms with Crippen molar-refractivity contribution in [3.8, 4) is 0 Å². The molecule has 3 heteroatoms. The van der Waals surface area contributed by atoms with E-state index in [-0.39, 0.29) is 0 Å². The van der Waals surface area contributed by atoms with E-state index < -0.39 is 0 Å². The maximum atomic E-state index is 10.7. The third-order valence-corrected chi connectivity index (χ3v) is 2.29. The van der Waals surface area contributed by atoms with Gasteiger partial charge in [0.25, 0.3) is 0 Å². The van der Waals surface area contributed by atoms with E-state index in [1.165, 1.54) is 0 Å². The minimum atomic E-state index is 0.528. The second kappa shape index (κ2) is 7.14. The molecule has 0 N–H and O–H groups in total. The van der Waals surface area contributed by atoms with Gasteiger partial charge in [-0.2, -0.15) is 0 Å². The second-order valence-electron chi connectivity index (χ2n) is 3.42. The Balaban J connectivity index is 2.82. The largest absolute Gasteiger partial charge is 0.377 e. The summed E-state index contributed by atoms with van der Waals surface area (Å²) < 4.78 is 10.7. The number of rotatable bonds is 7. The number of aldehydes is 1. The maximum absolute atomic E-state index is 10.7. The molecule has 0 aliphatic heterocycles. The van der Waals surface area contributed by atoms with Gasteiger partial charge in [0.2, 0.25) is 0 Å². The van der Waals surface area contributed by atoms with Crippen LogP contribution in [0, 0.1) is 0 Å². The summed E-state index contributed by atoms with van der Waals surface area (Å²) in [4.78, 5) is 10.7. The zero-order valence-electron chi connectivity index (χ0n) is 9.86. The molecule has 16 heavy (non-hydrogen) atoms. The quantitative estimate of drug-likeness (QED) is 0.665. The van der Waals surface area contributed by atoms with E-state index in [9.17, 15) is 4.79 Å². The SMILES string of the molecule is CCOCc1ccc(C=O)cc1COCC. The third kappa shape index (κ3) is 3.76. The van der Waals surface area contributed by atoms with Crippen LogP contribution in [-0.2, 0) is 22.7 Å². The monoisotopic (exact) mass is 222 g/mol. The van der Waals surface area contributed by atoms with Crippen LogP contribution >= 0.6 is 0 Å². The molecular formula is C13H18O3. The summed E-state index contributed by atoms with van der Waals surface area (Å²) in [7, 11) is 0. The number of ether oxygens (including phenoxy) is 2. The molecule has 88 valence electrons. The predicted octanol–water partition coefficient (Wildman–Crippen LogP) is 2.57. The van der Waals surface area contributed by atoms with Crippen molar-refractivity contribution in [3.63, 3.8) is 0 Å². The smallest absolute Gasteiger partial charge is 0.150 e. The summed E-state index contributed by atoms with van der Waals surface area (Å²) in [5.74, 6) is 0. The fourth-order valence-corrected chi connectivity index (χ4v) is 1.42. The molecule has 0 atom stereocenters. The van der Waals surface area contributed by atoms with Crippen molar-refractivity contribution in [1.82, 2.24) is 0 Å². The van der Waals surface area contributed by atoms with Crippen molar-refractivity contribution in [2.24, 2.45) is 0 Å². The van der Waals surface area contributed by atoms with E-state index in [4.69, 9.17) is 9.47 Å². The summed E-state index contributed by atoms with van der Waals surface area (Å²) in [6, 6.07) is 5.58. The molecule has 0 saturated heterocycles. The molecule has 0 radical (unpaired) electrons. The Kier molecular flexibility index (Phi) is 5.75. The number of hydrogen-bond donors (Lipinski definition) is 0. The van der Waals surface area contributed by atoms with Gasteiger partial charge in [0.05, 0.1) is 13.2 Å². The highest BCUT2D eigenvalue weighted by Gasteiger charge is 2.04. The van der Waals surface area contributed by atoms with Crippen molar-refractivity contribution in [2.75, 3.05) is 13.2 Å². The summed E-state index contributed by atoms with van der Waals surface area (Å²) in [6.07, 6.45) is 0.847. The van der Waals surface area contributed by atoms with Crippen molar-refractivity contribution in [2.45, 2.75) is 27.1 Å². The Labute approximate surface area is 96.4 Å². The molecule has 0 saturated carbocycles. The molecule has 0 fully saturated rings. The average Bonchev–Trinajstić information content (AvgIpc) is 2.34. The van der Waals surface area contributed by atoms with Crippen molar-refractivity contribution in [1.29, 1.82) is 0 Å². The van der Waals surface area contributed by atoms with Gasteiger partial charge in [-0.15, -0.1) is 0 Å². The summed E-state index contributed by atoms with van der Waals surface area (Å²) in [5, 5.41) is 0. The van der Waals surface area contributed by atoms with Crippen LogP contribution in [0.2, 0.25) is 0 Å². The minimum absolute atomic E-state index is 0.528. The molecule has 0 aliphatic rings. The fraction of sp³-hybridized carbons (Fsp3) is 0.462. The molecule has 0 bridgehead atoms. The standard InChI is InChI=1S/C13H18O3/c1-3-15-9-12-6-5-11(8-14)7-13(12)10-16-4-2/h5-8H,3-4,9-10H2,1-2H3. The maximum Gasteiger partial charge on any atom is 0.150 e. The van der Waals surface area contributed by atoms with Crippen molar-refractivity contribution in [3.05, 3.63) is 34.9 Å². The first-order valence-corrected chi connectivity index (χ1v) is 5.54. The zero-order chi connectivity index (χ0) is 11.8. The summed E-state index contributed by atoms with van der Waals surface area (Å²) >= 11 is 0. The van der Waals surface area contributed by atoms with E-state index in [1.807, 2.05) is 26.0 Å². The van der Waals surface area contributed by atoms with Gasteiger partial charge in [0, 0.05) is 18.8 Å². The number of benzene rings is 1. The molecule has 1 aromatic rings. The number of hydrogen-bond acceptors (Lipinski definition) is 3. The molecule has 0 aromatic heterocycles. The van der Waals surface area contributed by atoms with Crippen molar-refractivity contribution < 1.29 is 14.3 Å². The van der Waals surface area contributed by atoms with E-state index in [0.29, 0.717) is 32.0 Å². The van der Waals surface area contributed by atoms with Crippen LogP contribution in [0.3, 0.4) is 0 Å². The van der Waals surface area contributed by atoms with Crippen LogP contribution in [0.25, 0.3) is 0 Å². The highest BCUT2D eigenvalue weighted by Crippen LogP contribution is 2.14. The molecule has 3 nitrogen and oxygen atoms in total. The van der Waals surface area contributed by atoms with Crippen LogP contribution < -0.4 is 0 Å². The molecule has 1 rings (SSSR count). The number of carbonyl (C=O) groups excluding carboxylic acids is 1. The minimum Gasteiger partial charge on any atom is -0.377 e. The Morgan fingerprint density at radius 2 is 1.69 bits per heavy atom. The van der Waals surface area contributed by atoms with Gasteiger partial charge in [-0.3, -0.25) is 4.79 Å². The second-order valence-corrected chi connectivity index (χ2v) is 3.42. The molecule has 0 aliphatic carbocycles. The molecular weight excluding hydrogens is 204 g/mol. The first kappa shape index (κ1) is 12.9. The average molecular weight is 222 g/mol. The first-order chi connectivity index (χ1) is 7.81. The Morgan fingerprint density at radius 1 is 1.06 bits per heavy atom. The fourth-order valence-electron chi connectivity index (χ4n) is 1.42. The highest BCUT2D eigenvalue weighted by atomic mass is 16.5.